The Morgan fingerprint density at radius 2 is 2.22 bits per heavy atom. The molecular formula is C15H20N2O5S. The van der Waals surface area contributed by atoms with Gasteiger partial charge in [0.1, 0.15) is 5.75 Å². The topological polar surface area (TPSA) is 95.9 Å². The fourth-order valence-electron chi connectivity index (χ4n) is 2.89. The van der Waals surface area contributed by atoms with Crippen molar-refractivity contribution in [2.24, 2.45) is 5.92 Å². The van der Waals surface area contributed by atoms with Gasteiger partial charge in [-0.2, -0.15) is 4.31 Å². The van der Waals surface area contributed by atoms with Gasteiger partial charge >= 0.3 is 0 Å². The Morgan fingerprint density at radius 1 is 1.43 bits per heavy atom. The number of nitrogens with zero attached hydrogens (tertiary/aromatic N) is 1. The number of hydrogen-bond acceptors (Lipinski definition) is 5. The lowest BCUT2D eigenvalue weighted by molar-refractivity contribution is -0.122. The number of anilines is 1. The van der Waals surface area contributed by atoms with Crippen LogP contribution in [0.4, 0.5) is 5.69 Å². The average molecular weight is 340 g/mol. The Kier molecular flexibility index (Phi) is 4.31. The molecule has 0 bridgehead atoms. The molecule has 2 aliphatic heterocycles. The first kappa shape index (κ1) is 16.2. The smallest absolute Gasteiger partial charge is 0.265 e. The molecule has 3 rings (SSSR count). The average Bonchev–Trinajstić information content (AvgIpc) is 2.55. The molecule has 1 fully saturated rings. The molecule has 2 heterocycles. The standard InChI is InChI=1S/C15H20N2O5S/c1-10-15(19)16-13-7-12(4-5-14(13)22-10)23(20,21)17-6-2-3-11(8-17)9-18/h4-5,7,10-11,18H,2-3,6,8-9H2,1H3,(H,16,19)/t10-,11+/m0/s1. The quantitative estimate of drug-likeness (QED) is 0.848. The Labute approximate surface area is 135 Å². The normalized spacial score (nSPS) is 25.4. The van der Waals surface area contributed by atoms with E-state index in [-0.39, 0.29) is 23.3 Å². The molecule has 0 saturated carbocycles. The summed E-state index contributed by atoms with van der Waals surface area (Å²) >= 11 is 0. The van der Waals surface area contributed by atoms with Crippen molar-refractivity contribution >= 4 is 21.6 Å². The number of aliphatic hydroxyl groups excluding tert-OH is 1. The lowest BCUT2D eigenvalue weighted by Crippen LogP contribution is -2.41. The maximum absolute atomic E-state index is 12.8. The van der Waals surface area contributed by atoms with E-state index in [2.05, 4.69) is 5.32 Å². The third kappa shape index (κ3) is 3.06. The number of amides is 1. The summed E-state index contributed by atoms with van der Waals surface area (Å²) in [6, 6.07) is 4.48. The predicted octanol–water partition coefficient (Wildman–Crippen LogP) is 0.799. The Bertz CT molecular complexity index is 719. The molecule has 0 unspecified atom stereocenters. The molecule has 0 aromatic heterocycles. The van der Waals surface area contributed by atoms with Gasteiger partial charge in [0.05, 0.1) is 10.6 Å². The predicted molar refractivity (Wildman–Crippen MR) is 83.7 cm³/mol. The van der Waals surface area contributed by atoms with Gasteiger partial charge in [0.15, 0.2) is 6.10 Å². The summed E-state index contributed by atoms with van der Waals surface area (Å²) in [7, 11) is -3.65. The van der Waals surface area contributed by atoms with Gasteiger partial charge in [-0.05, 0) is 43.9 Å². The van der Waals surface area contributed by atoms with Gasteiger partial charge in [0.25, 0.3) is 5.91 Å². The van der Waals surface area contributed by atoms with Crippen molar-refractivity contribution in [3.05, 3.63) is 18.2 Å². The van der Waals surface area contributed by atoms with E-state index in [9.17, 15) is 18.3 Å². The van der Waals surface area contributed by atoms with E-state index >= 15 is 0 Å². The van der Waals surface area contributed by atoms with Crippen LogP contribution < -0.4 is 10.1 Å². The molecule has 2 N–H and O–H groups in total. The summed E-state index contributed by atoms with van der Waals surface area (Å²) in [5.41, 5.74) is 0.366. The largest absolute Gasteiger partial charge is 0.479 e. The van der Waals surface area contributed by atoms with Crippen molar-refractivity contribution in [3.63, 3.8) is 0 Å². The second kappa shape index (κ2) is 6.10. The Balaban J connectivity index is 1.89. The summed E-state index contributed by atoms with van der Waals surface area (Å²) in [4.78, 5) is 11.8. The van der Waals surface area contributed by atoms with E-state index in [1.807, 2.05) is 0 Å². The molecule has 1 saturated heterocycles. The minimum Gasteiger partial charge on any atom is -0.479 e. The van der Waals surface area contributed by atoms with Crippen LogP contribution in [0.25, 0.3) is 0 Å². The molecule has 2 aliphatic rings. The fourth-order valence-corrected chi connectivity index (χ4v) is 4.47. The third-order valence-electron chi connectivity index (χ3n) is 4.26. The number of nitrogens with one attached hydrogen (secondary N) is 1. The molecule has 1 amide bonds. The molecule has 126 valence electrons. The number of ether oxygens (including phenoxy) is 1. The molecule has 8 heteroatoms. The van der Waals surface area contributed by atoms with Crippen LogP contribution in [0.1, 0.15) is 19.8 Å². The van der Waals surface area contributed by atoms with Gasteiger partial charge in [-0.25, -0.2) is 8.42 Å². The molecule has 0 radical (unpaired) electrons. The second-order valence-electron chi connectivity index (χ2n) is 5.96. The number of rotatable bonds is 3. The highest BCUT2D eigenvalue weighted by molar-refractivity contribution is 7.89. The van der Waals surface area contributed by atoms with Crippen molar-refractivity contribution < 1.29 is 23.1 Å². The molecule has 23 heavy (non-hydrogen) atoms. The van der Waals surface area contributed by atoms with Gasteiger partial charge in [-0.1, -0.05) is 0 Å². The van der Waals surface area contributed by atoms with E-state index in [0.717, 1.165) is 12.8 Å². The molecule has 1 aromatic carbocycles. The van der Waals surface area contributed by atoms with Crippen LogP contribution >= 0.6 is 0 Å². The lowest BCUT2D eigenvalue weighted by Gasteiger charge is -2.31. The minimum absolute atomic E-state index is 0.0159. The number of benzene rings is 1. The minimum atomic E-state index is -3.65. The molecule has 7 nitrogen and oxygen atoms in total. The highest BCUT2D eigenvalue weighted by Gasteiger charge is 2.31. The fraction of sp³-hybridized carbons (Fsp3) is 0.533. The highest BCUT2D eigenvalue weighted by Crippen LogP contribution is 2.33. The van der Waals surface area contributed by atoms with Crippen LogP contribution in [0.15, 0.2) is 23.1 Å². The summed E-state index contributed by atoms with van der Waals surface area (Å²) < 4.78 is 32.4. The van der Waals surface area contributed by atoms with E-state index in [1.165, 1.54) is 16.4 Å². The molecule has 2 atom stereocenters. The summed E-state index contributed by atoms with van der Waals surface area (Å²) in [6.07, 6.45) is 0.957. The number of carbonyl (C=O) groups excluding carboxylic acids is 1. The number of aliphatic hydroxyl groups is 1. The van der Waals surface area contributed by atoms with Crippen LogP contribution in [0.3, 0.4) is 0 Å². The summed E-state index contributed by atoms with van der Waals surface area (Å²) in [5.74, 6) is 0.133. The van der Waals surface area contributed by atoms with Crippen LogP contribution in [0.5, 0.6) is 5.75 Å². The summed E-state index contributed by atoms with van der Waals surface area (Å²) in [5, 5.41) is 11.9. The molecule has 1 aromatic rings. The number of sulfonamides is 1. The molecular weight excluding hydrogens is 320 g/mol. The highest BCUT2D eigenvalue weighted by atomic mass is 32.2. The number of piperidine rings is 1. The number of hydrogen-bond donors (Lipinski definition) is 2. The van der Waals surface area contributed by atoms with Gasteiger partial charge < -0.3 is 15.2 Å². The van der Waals surface area contributed by atoms with E-state index in [4.69, 9.17) is 4.74 Å². The first-order valence-corrected chi connectivity index (χ1v) is 9.08. The monoisotopic (exact) mass is 340 g/mol. The van der Waals surface area contributed by atoms with Crippen molar-refractivity contribution in [2.75, 3.05) is 25.0 Å². The zero-order chi connectivity index (χ0) is 16.6. The van der Waals surface area contributed by atoms with E-state index < -0.39 is 16.1 Å². The van der Waals surface area contributed by atoms with Crippen LogP contribution in [-0.4, -0.2) is 49.5 Å². The van der Waals surface area contributed by atoms with Crippen LogP contribution in [0, 0.1) is 5.92 Å². The number of fused-ring (bicyclic) bond motifs is 1. The molecule has 0 aliphatic carbocycles. The zero-order valence-electron chi connectivity index (χ0n) is 12.9. The lowest BCUT2D eigenvalue weighted by atomic mass is 10.0. The van der Waals surface area contributed by atoms with Gasteiger partial charge in [0.2, 0.25) is 10.0 Å². The first-order chi connectivity index (χ1) is 10.9. The SMILES string of the molecule is C[C@@H]1Oc2ccc(S(=O)(=O)N3CCC[C@@H](CO)C3)cc2NC1=O. The van der Waals surface area contributed by atoms with Crippen LogP contribution in [-0.2, 0) is 14.8 Å². The van der Waals surface area contributed by atoms with Crippen molar-refractivity contribution in [2.45, 2.75) is 30.8 Å². The van der Waals surface area contributed by atoms with Gasteiger partial charge in [-0.3, -0.25) is 4.79 Å². The van der Waals surface area contributed by atoms with Crippen molar-refractivity contribution in [1.82, 2.24) is 4.31 Å². The van der Waals surface area contributed by atoms with Crippen LogP contribution in [0.2, 0.25) is 0 Å². The Morgan fingerprint density at radius 3 is 2.96 bits per heavy atom. The van der Waals surface area contributed by atoms with E-state index in [0.29, 0.717) is 24.5 Å². The van der Waals surface area contributed by atoms with Crippen molar-refractivity contribution in [3.8, 4) is 5.75 Å². The van der Waals surface area contributed by atoms with Gasteiger partial charge in [0, 0.05) is 19.7 Å². The maximum atomic E-state index is 12.8. The zero-order valence-corrected chi connectivity index (χ0v) is 13.7. The third-order valence-corrected chi connectivity index (χ3v) is 6.12. The van der Waals surface area contributed by atoms with E-state index in [1.54, 1.807) is 13.0 Å². The Hall–Kier alpha value is -1.64. The maximum Gasteiger partial charge on any atom is 0.265 e. The summed E-state index contributed by atoms with van der Waals surface area (Å²) in [6.45, 7) is 2.37. The number of carbonyl (C=O) groups is 1. The van der Waals surface area contributed by atoms with Crippen molar-refractivity contribution in [1.29, 1.82) is 0 Å². The van der Waals surface area contributed by atoms with Gasteiger partial charge in [-0.15, -0.1) is 0 Å². The molecule has 0 spiro atoms. The second-order valence-corrected chi connectivity index (χ2v) is 7.90. The first-order valence-electron chi connectivity index (χ1n) is 7.64.